The van der Waals surface area contributed by atoms with Gasteiger partial charge in [0, 0.05) is 16.7 Å². The molecule has 4 nitrogen and oxygen atoms in total. The van der Waals surface area contributed by atoms with Gasteiger partial charge in [-0.2, -0.15) is 18.4 Å². The molecule has 0 saturated carbocycles. The largest absolute Gasteiger partial charge is 0.490 e. The predicted molar refractivity (Wildman–Crippen MR) is 117 cm³/mol. The van der Waals surface area contributed by atoms with Gasteiger partial charge in [0.25, 0.3) is 5.91 Å². The van der Waals surface area contributed by atoms with E-state index in [0.29, 0.717) is 5.75 Å². The van der Waals surface area contributed by atoms with E-state index in [1.807, 2.05) is 36.4 Å². The van der Waals surface area contributed by atoms with Crippen LogP contribution in [0.2, 0.25) is 0 Å². The Morgan fingerprint density at radius 2 is 1.48 bits per heavy atom. The highest BCUT2D eigenvalue weighted by Gasteiger charge is 2.31. The molecule has 3 aromatic rings. The van der Waals surface area contributed by atoms with E-state index in [0.717, 1.165) is 35.4 Å². The first-order valence-electron chi connectivity index (χ1n) is 9.89. The fraction of sp³-hybridized carbons (Fsp3) is 0.154. The number of rotatable bonds is 5. The Morgan fingerprint density at radius 1 is 0.909 bits per heavy atom. The Hall–Kier alpha value is -4.23. The Morgan fingerprint density at radius 3 is 2.03 bits per heavy atom. The van der Waals surface area contributed by atoms with Crippen LogP contribution in [0.4, 0.5) is 13.2 Å². The maximum Gasteiger partial charge on any atom is 0.416 e. The number of hydrogen-bond donors (Lipinski definition) is 1. The first kappa shape index (κ1) is 23.4. The SMILES string of the molecule is CC(C#N)(COc1ccc(C#Cc2ccccc2)cc1)NC(=O)c1ccc(C(F)(F)F)cc1. The zero-order valence-electron chi connectivity index (χ0n) is 17.6. The Kier molecular flexibility index (Phi) is 7.05. The van der Waals surface area contributed by atoms with Crippen molar-refractivity contribution in [2.24, 2.45) is 0 Å². The normalized spacial score (nSPS) is 12.5. The number of benzene rings is 3. The molecule has 1 atom stereocenters. The molecule has 1 unspecified atom stereocenters. The summed E-state index contributed by atoms with van der Waals surface area (Å²) in [7, 11) is 0. The number of hydrogen-bond acceptors (Lipinski definition) is 3. The monoisotopic (exact) mass is 448 g/mol. The molecule has 0 spiro atoms. The molecule has 0 heterocycles. The average molecular weight is 448 g/mol. The van der Waals surface area contributed by atoms with E-state index in [-0.39, 0.29) is 12.2 Å². The number of nitrogens with zero attached hydrogens (tertiary/aromatic N) is 1. The van der Waals surface area contributed by atoms with Crippen molar-refractivity contribution in [1.29, 1.82) is 5.26 Å². The summed E-state index contributed by atoms with van der Waals surface area (Å²) in [4.78, 5) is 12.4. The summed E-state index contributed by atoms with van der Waals surface area (Å²) < 4.78 is 43.7. The zero-order chi connectivity index (χ0) is 23.9. The van der Waals surface area contributed by atoms with Gasteiger partial charge < -0.3 is 10.1 Å². The standard InChI is InChI=1S/C26H19F3N2O2/c1-25(17-30,31-24(32)21-11-13-22(14-12-21)26(27,28)29)18-33-23-15-9-20(10-16-23)8-7-19-5-3-2-4-6-19/h2-6,9-16H,18H2,1H3,(H,31,32). The molecule has 0 saturated heterocycles. The van der Waals surface area contributed by atoms with Crippen molar-refractivity contribution in [2.45, 2.75) is 18.6 Å². The van der Waals surface area contributed by atoms with Crippen molar-refractivity contribution in [3.05, 3.63) is 101 Å². The van der Waals surface area contributed by atoms with E-state index >= 15 is 0 Å². The zero-order valence-corrected chi connectivity index (χ0v) is 17.6. The van der Waals surface area contributed by atoms with Gasteiger partial charge in [0.1, 0.15) is 12.4 Å². The molecular weight excluding hydrogens is 429 g/mol. The molecule has 0 bridgehead atoms. The van der Waals surface area contributed by atoms with Crippen LogP contribution in [0.15, 0.2) is 78.9 Å². The van der Waals surface area contributed by atoms with Gasteiger partial charge in [-0.25, -0.2) is 0 Å². The van der Waals surface area contributed by atoms with Crippen LogP contribution in [0.1, 0.15) is 34.0 Å². The number of halogens is 3. The maximum atomic E-state index is 12.7. The topological polar surface area (TPSA) is 62.1 Å². The second kappa shape index (κ2) is 9.93. The van der Waals surface area contributed by atoms with Crippen LogP contribution in [0.25, 0.3) is 0 Å². The van der Waals surface area contributed by atoms with Gasteiger partial charge >= 0.3 is 6.18 Å². The van der Waals surface area contributed by atoms with E-state index in [1.54, 1.807) is 24.3 Å². The second-order valence-corrected chi connectivity index (χ2v) is 7.40. The van der Waals surface area contributed by atoms with Crippen LogP contribution in [0.5, 0.6) is 5.75 Å². The predicted octanol–water partition coefficient (Wildman–Crippen LogP) is 5.20. The van der Waals surface area contributed by atoms with Crippen LogP contribution in [-0.4, -0.2) is 18.1 Å². The first-order valence-corrected chi connectivity index (χ1v) is 9.89. The van der Waals surface area contributed by atoms with Gasteiger partial charge in [0.2, 0.25) is 0 Å². The minimum absolute atomic E-state index is 0.00539. The fourth-order valence-electron chi connectivity index (χ4n) is 2.76. The third kappa shape index (κ3) is 6.62. The molecule has 0 aliphatic heterocycles. The van der Waals surface area contributed by atoms with Gasteiger partial charge in [0.05, 0.1) is 11.6 Å². The summed E-state index contributed by atoms with van der Waals surface area (Å²) in [6, 6.07) is 22.2. The van der Waals surface area contributed by atoms with E-state index in [2.05, 4.69) is 17.2 Å². The highest BCUT2D eigenvalue weighted by Crippen LogP contribution is 2.29. The van der Waals surface area contributed by atoms with E-state index in [1.165, 1.54) is 6.92 Å². The summed E-state index contributed by atoms with van der Waals surface area (Å²) in [6.45, 7) is 1.31. The summed E-state index contributed by atoms with van der Waals surface area (Å²) in [5.41, 5.74) is -0.574. The van der Waals surface area contributed by atoms with Crippen molar-refractivity contribution in [1.82, 2.24) is 5.32 Å². The quantitative estimate of drug-likeness (QED) is 0.546. The Labute approximate surface area is 189 Å². The van der Waals surface area contributed by atoms with E-state index in [9.17, 15) is 23.2 Å². The van der Waals surface area contributed by atoms with Crippen molar-refractivity contribution < 1.29 is 22.7 Å². The number of alkyl halides is 3. The van der Waals surface area contributed by atoms with Crippen LogP contribution < -0.4 is 10.1 Å². The number of carbonyl (C=O) groups excluding carboxylic acids is 1. The highest BCUT2D eigenvalue weighted by molar-refractivity contribution is 5.95. The second-order valence-electron chi connectivity index (χ2n) is 7.40. The minimum atomic E-state index is -4.49. The molecule has 33 heavy (non-hydrogen) atoms. The summed E-state index contributed by atoms with van der Waals surface area (Å²) in [5.74, 6) is 5.89. The summed E-state index contributed by atoms with van der Waals surface area (Å²) in [6.07, 6.45) is -4.49. The summed E-state index contributed by atoms with van der Waals surface area (Å²) >= 11 is 0. The van der Waals surface area contributed by atoms with Gasteiger partial charge in [-0.15, -0.1) is 0 Å². The molecule has 7 heteroatoms. The lowest BCUT2D eigenvalue weighted by Crippen LogP contribution is -2.49. The van der Waals surface area contributed by atoms with Gasteiger partial charge in [-0.3, -0.25) is 4.79 Å². The Balaban J connectivity index is 1.60. The lowest BCUT2D eigenvalue weighted by atomic mass is 10.0. The number of carbonyl (C=O) groups is 1. The molecule has 3 aromatic carbocycles. The molecular formula is C26H19F3N2O2. The van der Waals surface area contributed by atoms with Gasteiger partial charge in [-0.05, 0) is 67.6 Å². The van der Waals surface area contributed by atoms with E-state index < -0.39 is 23.2 Å². The molecule has 0 aromatic heterocycles. The maximum absolute atomic E-state index is 12.7. The summed E-state index contributed by atoms with van der Waals surface area (Å²) in [5, 5.41) is 12.0. The van der Waals surface area contributed by atoms with Crippen molar-refractivity contribution in [2.75, 3.05) is 6.61 Å². The minimum Gasteiger partial charge on any atom is -0.490 e. The number of nitriles is 1. The molecule has 166 valence electrons. The van der Waals surface area contributed by atoms with Crippen LogP contribution in [0, 0.1) is 23.2 Å². The average Bonchev–Trinajstić information content (AvgIpc) is 2.82. The fourth-order valence-corrected chi connectivity index (χ4v) is 2.76. The molecule has 0 fully saturated rings. The number of ether oxygens (including phenoxy) is 1. The van der Waals surface area contributed by atoms with Crippen LogP contribution in [0.3, 0.4) is 0 Å². The molecule has 3 rings (SSSR count). The van der Waals surface area contributed by atoms with Crippen LogP contribution >= 0.6 is 0 Å². The number of amides is 1. The smallest absolute Gasteiger partial charge is 0.416 e. The Bertz CT molecular complexity index is 1200. The van der Waals surface area contributed by atoms with Crippen LogP contribution in [-0.2, 0) is 6.18 Å². The molecule has 1 amide bonds. The molecule has 1 N–H and O–H groups in total. The van der Waals surface area contributed by atoms with E-state index in [4.69, 9.17) is 4.74 Å². The van der Waals surface area contributed by atoms with Crippen molar-refractivity contribution in [3.63, 3.8) is 0 Å². The van der Waals surface area contributed by atoms with Crippen molar-refractivity contribution in [3.8, 4) is 23.7 Å². The van der Waals surface area contributed by atoms with Crippen molar-refractivity contribution >= 4 is 5.91 Å². The lowest BCUT2D eigenvalue weighted by molar-refractivity contribution is -0.137. The third-order valence-electron chi connectivity index (χ3n) is 4.62. The first-order chi connectivity index (χ1) is 15.7. The molecule has 0 aliphatic rings. The lowest BCUT2D eigenvalue weighted by Gasteiger charge is -2.23. The molecule has 0 radical (unpaired) electrons. The third-order valence-corrected chi connectivity index (χ3v) is 4.62. The van der Waals surface area contributed by atoms with Gasteiger partial charge in [-0.1, -0.05) is 30.0 Å². The van der Waals surface area contributed by atoms with Gasteiger partial charge in [0.15, 0.2) is 5.54 Å². The molecule has 0 aliphatic carbocycles. The number of nitrogens with one attached hydrogen (secondary N) is 1. The highest BCUT2D eigenvalue weighted by atomic mass is 19.4.